The molecule has 1 aromatic carbocycles. The summed E-state index contributed by atoms with van der Waals surface area (Å²) in [7, 11) is 2.10. The van der Waals surface area contributed by atoms with Gasteiger partial charge in [0.2, 0.25) is 0 Å². The Morgan fingerprint density at radius 2 is 2.10 bits per heavy atom. The van der Waals surface area contributed by atoms with E-state index in [0.717, 1.165) is 38.9 Å². The molecule has 5 heteroatoms. The minimum absolute atomic E-state index is 0.236. The van der Waals surface area contributed by atoms with Gasteiger partial charge in [0.25, 0.3) is 0 Å². The molecule has 0 spiro atoms. The lowest BCUT2D eigenvalue weighted by Gasteiger charge is -2.38. The third-order valence-corrected chi connectivity index (χ3v) is 4.07. The van der Waals surface area contributed by atoms with E-state index in [0.29, 0.717) is 17.4 Å². The van der Waals surface area contributed by atoms with Crippen LogP contribution in [0.1, 0.15) is 19.3 Å². The van der Waals surface area contributed by atoms with Crippen molar-refractivity contribution < 1.29 is 9.50 Å². The molecule has 0 radical (unpaired) electrons. The van der Waals surface area contributed by atoms with Crippen molar-refractivity contribution in [3.8, 4) is 0 Å². The summed E-state index contributed by atoms with van der Waals surface area (Å²) in [5.41, 5.74) is 6.69. The Balaban J connectivity index is 1.90. The fraction of sp³-hybridized carbons (Fsp3) is 0.600. The maximum absolute atomic E-state index is 13.9. The lowest BCUT2D eigenvalue weighted by molar-refractivity contribution is 0.184. The molecule has 0 amide bonds. The van der Waals surface area contributed by atoms with Gasteiger partial charge in [0.1, 0.15) is 5.82 Å². The van der Waals surface area contributed by atoms with Crippen molar-refractivity contribution in [3.63, 3.8) is 0 Å². The number of nitrogen functional groups attached to an aromatic ring is 1. The predicted octanol–water partition coefficient (Wildman–Crippen LogP) is 1.69. The molecule has 0 saturated carbocycles. The highest BCUT2D eigenvalue weighted by molar-refractivity contribution is 5.54. The number of anilines is 2. The minimum atomic E-state index is -0.239. The zero-order valence-electron chi connectivity index (χ0n) is 12.1. The fourth-order valence-corrected chi connectivity index (χ4v) is 2.83. The van der Waals surface area contributed by atoms with Gasteiger partial charge in [0.05, 0.1) is 5.69 Å². The van der Waals surface area contributed by atoms with Crippen molar-refractivity contribution >= 4 is 11.4 Å². The van der Waals surface area contributed by atoms with Gasteiger partial charge in [-0.15, -0.1) is 0 Å². The maximum atomic E-state index is 13.9. The Morgan fingerprint density at radius 3 is 2.70 bits per heavy atom. The first-order valence-corrected chi connectivity index (χ1v) is 7.23. The van der Waals surface area contributed by atoms with E-state index in [4.69, 9.17) is 10.8 Å². The van der Waals surface area contributed by atoms with Gasteiger partial charge in [0.15, 0.2) is 0 Å². The van der Waals surface area contributed by atoms with Gasteiger partial charge in [-0.05, 0) is 44.5 Å². The number of hydrogen-bond acceptors (Lipinski definition) is 4. The van der Waals surface area contributed by atoms with Crippen molar-refractivity contribution in [1.82, 2.24) is 4.90 Å². The van der Waals surface area contributed by atoms with Gasteiger partial charge in [-0.3, -0.25) is 0 Å². The van der Waals surface area contributed by atoms with Crippen LogP contribution in [0.15, 0.2) is 18.2 Å². The molecular weight excluding hydrogens is 257 g/mol. The molecule has 1 fully saturated rings. The molecule has 4 nitrogen and oxygen atoms in total. The summed E-state index contributed by atoms with van der Waals surface area (Å²) in [6.07, 6.45) is 2.85. The average Bonchev–Trinajstić information content (AvgIpc) is 2.45. The van der Waals surface area contributed by atoms with E-state index < -0.39 is 0 Å². The summed E-state index contributed by atoms with van der Waals surface area (Å²) in [5, 5.41) is 8.87. The zero-order valence-corrected chi connectivity index (χ0v) is 12.1. The number of hydrogen-bond donors (Lipinski definition) is 2. The minimum Gasteiger partial charge on any atom is -0.399 e. The van der Waals surface area contributed by atoms with E-state index >= 15 is 0 Å². The lowest BCUT2D eigenvalue weighted by Crippen LogP contribution is -2.44. The summed E-state index contributed by atoms with van der Waals surface area (Å²) < 4.78 is 13.9. The fourth-order valence-electron chi connectivity index (χ4n) is 2.83. The van der Waals surface area contributed by atoms with E-state index in [1.807, 2.05) is 0 Å². The van der Waals surface area contributed by atoms with Crippen LogP contribution in [-0.2, 0) is 0 Å². The molecule has 0 unspecified atom stereocenters. The molecule has 2 rings (SSSR count). The number of piperidine rings is 1. The normalized spacial score (nSPS) is 16.9. The first-order chi connectivity index (χ1) is 9.61. The molecule has 0 aliphatic carbocycles. The van der Waals surface area contributed by atoms with Gasteiger partial charge in [-0.2, -0.15) is 0 Å². The highest BCUT2D eigenvalue weighted by atomic mass is 19.1. The predicted molar refractivity (Wildman–Crippen MR) is 80.4 cm³/mol. The van der Waals surface area contributed by atoms with Gasteiger partial charge < -0.3 is 20.6 Å². The summed E-state index contributed by atoms with van der Waals surface area (Å²) in [6, 6.07) is 5.42. The van der Waals surface area contributed by atoms with E-state index in [1.165, 1.54) is 6.07 Å². The number of benzene rings is 1. The maximum Gasteiger partial charge on any atom is 0.148 e. The second-order valence-electron chi connectivity index (χ2n) is 5.49. The highest BCUT2D eigenvalue weighted by Crippen LogP contribution is 2.26. The van der Waals surface area contributed by atoms with Crippen LogP contribution in [0.5, 0.6) is 0 Å². The first-order valence-electron chi connectivity index (χ1n) is 7.23. The molecule has 3 N–H and O–H groups in total. The lowest BCUT2D eigenvalue weighted by atomic mass is 10.0. The van der Waals surface area contributed by atoms with E-state index in [9.17, 15) is 4.39 Å². The zero-order chi connectivity index (χ0) is 14.5. The quantitative estimate of drug-likeness (QED) is 0.807. The molecule has 0 aromatic heterocycles. The van der Waals surface area contributed by atoms with Crippen molar-refractivity contribution in [2.75, 3.05) is 43.9 Å². The Labute approximate surface area is 120 Å². The SMILES string of the molecule is CN(CCCO)C1CCN(c2ccc(N)cc2F)CC1. The Hall–Kier alpha value is -1.33. The Bertz CT molecular complexity index is 433. The topological polar surface area (TPSA) is 52.7 Å². The molecule has 1 aliphatic rings. The van der Waals surface area contributed by atoms with E-state index in [2.05, 4.69) is 16.8 Å². The highest BCUT2D eigenvalue weighted by Gasteiger charge is 2.23. The number of aliphatic hydroxyl groups is 1. The van der Waals surface area contributed by atoms with Crippen LogP contribution in [0.4, 0.5) is 15.8 Å². The second kappa shape index (κ2) is 6.90. The Morgan fingerprint density at radius 1 is 1.40 bits per heavy atom. The molecule has 0 atom stereocenters. The largest absolute Gasteiger partial charge is 0.399 e. The summed E-state index contributed by atoms with van der Waals surface area (Å²) in [6.45, 7) is 2.86. The van der Waals surface area contributed by atoms with Gasteiger partial charge in [0, 0.05) is 38.0 Å². The van der Waals surface area contributed by atoms with Gasteiger partial charge >= 0.3 is 0 Å². The molecule has 1 heterocycles. The number of nitrogens with zero attached hydrogens (tertiary/aromatic N) is 2. The molecular formula is C15H24FN3O. The molecule has 1 aromatic rings. The van der Waals surface area contributed by atoms with Crippen LogP contribution in [0.2, 0.25) is 0 Å². The average molecular weight is 281 g/mol. The number of rotatable bonds is 5. The number of nitrogens with two attached hydrogens (primary N) is 1. The molecule has 0 bridgehead atoms. The van der Waals surface area contributed by atoms with Crippen molar-refractivity contribution in [2.45, 2.75) is 25.3 Å². The summed E-state index contributed by atoms with van der Waals surface area (Å²) in [4.78, 5) is 4.39. The molecule has 1 aliphatic heterocycles. The van der Waals surface area contributed by atoms with Crippen LogP contribution in [-0.4, -0.2) is 49.3 Å². The molecule has 20 heavy (non-hydrogen) atoms. The third-order valence-electron chi connectivity index (χ3n) is 4.07. The smallest absolute Gasteiger partial charge is 0.148 e. The van der Waals surface area contributed by atoms with Crippen LogP contribution >= 0.6 is 0 Å². The summed E-state index contributed by atoms with van der Waals surface area (Å²) in [5.74, 6) is -0.239. The molecule has 1 saturated heterocycles. The Kier molecular flexibility index (Phi) is 5.20. The van der Waals surface area contributed by atoms with Crippen molar-refractivity contribution in [3.05, 3.63) is 24.0 Å². The van der Waals surface area contributed by atoms with Crippen LogP contribution < -0.4 is 10.6 Å². The van der Waals surface area contributed by atoms with Crippen LogP contribution in [0, 0.1) is 5.82 Å². The van der Waals surface area contributed by atoms with Crippen LogP contribution in [0.3, 0.4) is 0 Å². The van der Waals surface area contributed by atoms with Crippen molar-refractivity contribution in [2.24, 2.45) is 0 Å². The first kappa shape index (κ1) is 15.1. The summed E-state index contributed by atoms with van der Waals surface area (Å²) >= 11 is 0. The van der Waals surface area contributed by atoms with Gasteiger partial charge in [-0.25, -0.2) is 4.39 Å². The monoisotopic (exact) mass is 281 g/mol. The molecule has 112 valence electrons. The van der Waals surface area contributed by atoms with Gasteiger partial charge in [-0.1, -0.05) is 0 Å². The van der Waals surface area contributed by atoms with E-state index in [-0.39, 0.29) is 12.4 Å². The van der Waals surface area contributed by atoms with E-state index in [1.54, 1.807) is 12.1 Å². The second-order valence-corrected chi connectivity index (χ2v) is 5.49. The van der Waals surface area contributed by atoms with Crippen LogP contribution in [0.25, 0.3) is 0 Å². The van der Waals surface area contributed by atoms with Crippen molar-refractivity contribution in [1.29, 1.82) is 0 Å². The third kappa shape index (κ3) is 3.61. The standard InChI is InChI=1S/C15H24FN3O/c1-18(7-2-10-20)13-5-8-19(9-6-13)15-4-3-12(17)11-14(15)16/h3-4,11,13,20H,2,5-10,17H2,1H3. The number of halogens is 1. The number of aliphatic hydroxyl groups excluding tert-OH is 1.